The molecule has 154 valence electrons. The minimum absolute atomic E-state index is 0.666. The van der Waals surface area contributed by atoms with Crippen LogP contribution in [0.25, 0.3) is 11.4 Å². The Hall–Kier alpha value is -3.33. The van der Waals surface area contributed by atoms with Gasteiger partial charge in [-0.2, -0.15) is 9.78 Å². The lowest BCUT2D eigenvalue weighted by Gasteiger charge is -2.11. The summed E-state index contributed by atoms with van der Waals surface area (Å²) in [7, 11) is 3.24. The Labute approximate surface area is 178 Å². The van der Waals surface area contributed by atoms with E-state index in [1.165, 1.54) is 0 Å². The van der Waals surface area contributed by atoms with E-state index in [0.717, 1.165) is 34.1 Å². The van der Waals surface area contributed by atoms with E-state index in [0.29, 0.717) is 16.7 Å². The Morgan fingerprint density at radius 2 is 1.73 bits per heavy atom. The van der Waals surface area contributed by atoms with E-state index in [1.54, 1.807) is 30.7 Å². The van der Waals surface area contributed by atoms with Gasteiger partial charge in [0.05, 0.1) is 25.6 Å². The fraction of sp³-hybridized carbons (Fsp3) is 0.238. The summed E-state index contributed by atoms with van der Waals surface area (Å²) < 4.78 is 14.4. The number of thioether (sulfide) groups is 1. The summed E-state index contributed by atoms with van der Waals surface area (Å²) in [4.78, 5) is 0. The first-order valence-electron chi connectivity index (χ1n) is 9.35. The predicted octanol–water partition coefficient (Wildman–Crippen LogP) is 3.77. The zero-order chi connectivity index (χ0) is 21.1. The molecular formula is C21H22N6O2S. The highest BCUT2D eigenvalue weighted by Crippen LogP contribution is 2.30. The average molecular weight is 423 g/mol. The second-order valence-corrected chi connectivity index (χ2v) is 7.65. The van der Waals surface area contributed by atoms with Gasteiger partial charge in [0.1, 0.15) is 17.2 Å². The average Bonchev–Trinajstić information content (AvgIpc) is 3.37. The van der Waals surface area contributed by atoms with Crippen molar-refractivity contribution >= 4 is 11.8 Å². The van der Waals surface area contributed by atoms with Crippen LogP contribution in [0.1, 0.15) is 17.0 Å². The van der Waals surface area contributed by atoms with Crippen molar-refractivity contribution in [1.82, 2.24) is 30.0 Å². The number of methoxy groups -OCH3 is 2. The molecule has 0 aliphatic rings. The van der Waals surface area contributed by atoms with Crippen molar-refractivity contribution in [3.63, 3.8) is 0 Å². The van der Waals surface area contributed by atoms with Gasteiger partial charge < -0.3 is 9.47 Å². The normalized spacial score (nSPS) is 10.9. The van der Waals surface area contributed by atoms with Crippen LogP contribution in [0.15, 0.2) is 53.7 Å². The molecule has 0 amide bonds. The molecule has 2 aromatic heterocycles. The van der Waals surface area contributed by atoms with Gasteiger partial charge in [-0.05, 0) is 60.2 Å². The van der Waals surface area contributed by atoms with Crippen molar-refractivity contribution in [1.29, 1.82) is 0 Å². The molecule has 0 atom stereocenters. The lowest BCUT2D eigenvalue weighted by molar-refractivity contribution is 0.399. The molecular weight excluding hydrogens is 400 g/mol. The van der Waals surface area contributed by atoms with E-state index in [9.17, 15) is 0 Å². The summed E-state index contributed by atoms with van der Waals surface area (Å²) >= 11 is 1.55. The summed E-state index contributed by atoms with van der Waals surface area (Å²) in [5, 5.41) is 17.4. The van der Waals surface area contributed by atoms with Crippen LogP contribution >= 0.6 is 11.8 Å². The van der Waals surface area contributed by atoms with E-state index < -0.39 is 0 Å². The van der Waals surface area contributed by atoms with E-state index in [1.807, 2.05) is 29.8 Å². The van der Waals surface area contributed by atoms with E-state index in [4.69, 9.17) is 9.47 Å². The molecule has 4 rings (SSSR count). The van der Waals surface area contributed by atoms with Crippen molar-refractivity contribution in [2.24, 2.45) is 0 Å². The van der Waals surface area contributed by atoms with Crippen LogP contribution < -0.4 is 9.47 Å². The van der Waals surface area contributed by atoms with Crippen molar-refractivity contribution in [2.75, 3.05) is 14.2 Å². The first-order chi connectivity index (χ1) is 14.6. The molecule has 0 saturated heterocycles. The van der Waals surface area contributed by atoms with Gasteiger partial charge in [-0.1, -0.05) is 23.9 Å². The van der Waals surface area contributed by atoms with Crippen LogP contribution in [0, 0.1) is 13.8 Å². The third-order valence-electron chi connectivity index (χ3n) is 4.61. The summed E-state index contributed by atoms with van der Waals surface area (Å²) in [6, 6.07) is 15.9. The number of rotatable bonds is 7. The minimum Gasteiger partial charge on any atom is -0.497 e. The molecule has 0 radical (unpaired) electrons. The number of ether oxygens (including phenoxy) is 2. The molecule has 8 nitrogen and oxygen atoms in total. The first-order valence-corrected chi connectivity index (χ1v) is 10.3. The number of hydrogen-bond acceptors (Lipinski definition) is 7. The third kappa shape index (κ3) is 4.02. The Balaban J connectivity index is 1.52. The third-order valence-corrected chi connectivity index (χ3v) is 5.60. The largest absolute Gasteiger partial charge is 0.497 e. The maximum absolute atomic E-state index is 5.46. The Bertz CT molecular complexity index is 1150. The van der Waals surface area contributed by atoms with Crippen LogP contribution in [-0.2, 0) is 5.75 Å². The molecule has 4 aromatic rings. The predicted molar refractivity (Wildman–Crippen MR) is 115 cm³/mol. The highest BCUT2D eigenvalue weighted by atomic mass is 32.2. The monoisotopic (exact) mass is 422 g/mol. The molecule has 0 aliphatic carbocycles. The van der Waals surface area contributed by atoms with Crippen molar-refractivity contribution in [3.8, 4) is 22.9 Å². The number of hydrogen-bond donors (Lipinski definition) is 0. The summed E-state index contributed by atoms with van der Waals surface area (Å²) in [6.45, 7) is 4.05. The van der Waals surface area contributed by atoms with Crippen LogP contribution in [0.4, 0.5) is 0 Å². The van der Waals surface area contributed by atoms with E-state index in [-0.39, 0.29) is 0 Å². The molecule has 0 unspecified atom stereocenters. The Kier molecular flexibility index (Phi) is 5.71. The summed E-state index contributed by atoms with van der Waals surface area (Å²) in [5.74, 6) is 2.10. The van der Waals surface area contributed by atoms with Crippen molar-refractivity contribution in [3.05, 3.63) is 65.5 Å². The number of nitrogens with zero attached hydrogens (tertiary/aromatic N) is 6. The smallest absolute Gasteiger partial charge is 0.214 e. The molecule has 0 bridgehead atoms. The van der Waals surface area contributed by atoms with Gasteiger partial charge in [0, 0.05) is 17.5 Å². The second-order valence-electron chi connectivity index (χ2n) is 6.71. The maximum Gasteiger partial charge on any atom is 0.214 e. The molecule has 0 aliphatic heterocycles. The van der Waals surface area contributed by atoms with Gasteiger partial charge >= 0.3 is 0 Å². The molecule has 0 N–H and O–H groups in total. The van der Waals surface area contributed by atoms with Gasteiger partial charge in [-0.15, -0.1) is 5.10 Å². The molecule has 0 saturated carbocycles. The fourth-order valence-corrected chi connectivity index (χ4v) is 3.99. The number of tetrazole rings is 1. The SMILES string of the molecule is COc1ccc(OC)c(-n2nnnc2SCc2ccc(-n3nc(C)cc3C)cc2)c1. The molecule has 0 spiro atoms. The Morgan fingerprint density at radius 3 is 2.40 bits per heavy atom. The van der Waals surface area contributed by atoms with Gasteiger partial charge in [0.15, 0.2) is 0 Å². The van der Waals surface area contributed by atoms with Gasteiger partial charge in [-0.25, -0.2) is 4.68 Å². The van der Waals surface area contributed by atoms with Crippen LogP contribution in [0.5, 0.6) is 11.5 Å². The molecule has 2 aromatic carbocycles. The van der Waals surface area contributed by atoms with Gasteiger partial charge in [0.2, 0.25) is 5.16 Å². The number of benzene rings is 2. The molecule has 30 heavy (non-hydrogen) atoms. The van der Waals surface area contributed by atoms with Crippen LogP contribution in [-0.4, -0.2) is 44.2 Å². The van der Waals surface area contributed by atoms with Gasteiger partial charge in [-0.3, -0.25) is 0 Å². The summed E-state index contributed by atoms with van der Waals surface area (Å²) in [6.07, 6.45) is 0. The lowest BCUT2D eigenvalue weighted by atomic mass is 10.2. The lowest BCUT2D eigenvalue weighted by Crippen LogP contribution is -2.03. The zero-order valence-electron chi connectivity index (χ0n) is 17.2. The van der Waals surface area contributed by atoms with Crippen LogP contribution in [0.3, 0.4) is 0 Å². The molecule has 0 fully saturated rings. The van der Waals surface area contributed by atoms with E-state index in [2.05, 4.69) is 57.9 Å². The van der Waals surface area contributed by atoms with Crippen LogP contribution in [0.2, 0.25) is 0 Å². The summed E-state index contributed by atoms with van der Waals surface area (Å²) in [5.41, 5.74) is 5.05. The van der Waals surface area contributed by atoms with E-state index >= 15 is 0 Å². The first kappa shape index (κ1) is 20.0. The zero-order valence-corrected chi connectivity index (χ0v) is 18.1. The topological polar surface area (TPSA) is 79.9 Å². The van der Waals surface area contributed by atoms with Gasteiger partial charge in [0.25, 0.3) is 0 Å². The number of aryl methyl sites for hydroxylation is 2. The maximum atomic E-state index is 5.46. The fourth-order valence-electron chi connectivity index (χ4n) is 3.15. The highest BCUT2D eigenvalue weighted by molar-refractivity contribution is 7.98. The Morgan fingerprint density at radius 1 is 0.933 bits per heavy atom. The highest BCUT2D eigenvalue weighted by Gasteiger charge is 2.15. The quantitative estimate of drug-likeness (QED) is 0.419. The molecule has 9 heteroatoms. The second kappa shape index (κ2) is 8.58. The molecule has 2 heterocycles. The standard InChI is InChI=1S/C21H22N6O2S/c1-14-11-15(2)26(23-14)17-7-5-16(6-8-17)13-30-21-22-24-25-27(21)19-12-18(28-3)9-10-20(19)29-4/h5-12H,13H2,1-4H3. The van der Waals surface area contributed by atoms with Crippen molar-refractivity contribution in [2.45, 2.75) is 24.8 Å². The minimum atomic E-state index is 0.666. The number of aromatic nitrogens is 6. The van der Waals surface area contributed by atoms with Crippen molar-refractivity contribution < 1.29 is 9.47 Å².